The molecule has 0 unspecified atom stereocenters. The van der Waals surface area contributed by atoms with Gasteiger partial charge in [-0.15, -0.1) is 0 Å². The third kappa shape index (κ3) is 2.88. The largest absolute Gasteiger partial charge is 0.399 e. The molecule has 0 aliphatic rings. The molecule has 19 heavy (non-hydrogen) atoms. The highest BCUT2D eigenvalue weighted by Crippen LogP contribution is 2.24. The second kappa shape index (κ2) is 5.33. The maximum absolute atomic E-state index is 12.4. The van der Waals surface area contributed by atoms with E-state index in [0.29, 0.717) is 16.3 Å². The van der Waals surface area contributed by atoms with E-state index in [9.17, 15) is 4.79 Å². The van der Waals surface area contributed by atoms with E-state index in [4.69, 9.17) is 17.3 Å². The molecule has 0 saturated carbocycles. The lowest BCUT2D eigenvalue weighted by atomic mass is 10.1. The van der Waals surface area contributed by atoms with E-state index in [2.05, 4.69) is 0 Å². The Bertz CT molecular complexity index is 625. The van der Waals surface area contributed by atoms with Crippen LogP contribution in [0.15, 0.2) is 42.5 Å². The molecule has 0 aliphatic heterocycles. The molecule has 1 amide bonds. The number of halogens is 1. The maximum Gasteiger partial charge on any atom is 0.258 e. The van der Waals surface area contributed by atoms with Crippen LogP contribution in [0.1, 0.15) is 15.9 Å². The minimum absolute atomic E-state index is 0.0993. The van der Waals surface area contributed by atoms with Crippen LogP contribution in [-0.2, 0) is 0 Å². The van der Waals surface area contributed by atoms with Gasteiger partial charge in [-0.05, 0) is 48.9 Å². The Balaban J connectivity index is 2.33. The lowest BCUT2D eigenvalue weighted by molar-refractivity contribution is 0.0993. The molecule has 3 nitrogen and oxygen atoms in total. The quantitative estimate of drug-likeness (QED) is 0.852. The van der Waals surface area contributed by atoms with Gasteiger partial charge in [-0.2, -0.15) is 0 Å². The third-order valence-electron chi connectivity index (χ3n) is 2.96. The number of benzene rings is 2. The van der Waals surface area contributed by atoms with Crippen molar-refractivity contribution in [2.75, 3.05) is 17.7 Å². The van der Waals surface area contributed by atoms with Crippen molar-refractivity contribution in [3.8, 4) is 0 Å². The Labute approximate surface area is 117 Å². The van der Waals surface area contributed by atoms with Gasteiger partial charge < -0.3 is 10.6 Å². The van der Waals surface area contributed by atoms with Crippen molar-refractivity contribution in [2.24, 2.45) is 0 Å². The number of nitrogens with two attached hydrogens (primary N) is 1. The third-order valence-corrected chi connectivity index (χ3v) is 3.19. The van der Waals surface area contributed by atoms with E-state index in [1.165, 1.54) is 0 Å². The highest BCUT2D eigenvalue weighted by molar-refractivity contribution is 6.30. The lowest BCUT2D eigenvalue weighted by Crippen LogP contribution is -2.26. The van der Waals surface area contributed by atoms with Gasteiger partial charge in [0.1, 0.15) is 0 Å². The van der Waals surface area contributed by atoms with Crippen LogP contribution >= 0.6 is 11.6 Å². The zero-order valence-corrected chi connectivity index (χ0v) is 11.6. The first-order chi connectivity index (χ1) is 8.99. The molecule has 2 N–H and O–H groups in total. The summed E-state index contributed by atoms with van der Waals surface area (Å²) < 4.78 is 0. The number of amides is 1. The maximum atomic E-state index is 12.4. The van der Waals surface area contributed by atoms with Gasteiger partial charge >= 0.3 is 0 Å². The first kappa shape index (κ1) is 13.4. The Kier molecular flexibility index (Phi) is 3.76. The smallest absolute Gasteiger partial charge is 0.258 e. The van der Waals surface area contributed by atoms with E-state index >= 15 is 0 Å². The van der Waals surface area contributed by atoms with Gasteiger partial charge in [0.05, 0.1) is 0 Å². The molecule has 4 heteroatoms. The van der Waals surface area contributed by atoms with Crippen molar-refractivity contribution in [1.82, 2.24) is 0 Å². The summed E-state index contributed by atoms with van der Waals surface area (Å²) in [7, 11) is 1.74. The monoisotopic (exact) mass is 274 g/mol. The van der Waals surface area contributed by atoms with Gasteiger partial charge in [0.25, 0.3) is 5.91 Å². The van der Waals surface area contributed by atoms with E-state index in [0.717, 1.165) is 11.3 Å². The number of hydrogen-bond donors (Lipinski definition) is 1. The van der Waals surface area contributed by atoms with Crippen molar-refractivity contribution in [3.05, 3.63) is 58.6 Å². The topological polar surface area (TPSA) is 46.3 Å². The van der Waals surface area contributed by atoms with Crippen LogP contribution in [0.2, 0.25) is 5.02 Å². The normalized spacial score (nSPS) is 10.3. The van der Waals surface area contributed by atoms with Gasteiger partial charge in [0.2, 0.25) is 0 Å². The summed E-state index contributed by atoms with van der Waals surface area (Å²) in [5.74, 6) is -0.0993. The van der Waals surface area contributed by atoms with Gasteiger partial charge in [-0.25, -0.2) is 0 Å². The number of nitrogen functional groups attached to an aromatic ring is 1. The highest BCUT2D eigenvalue weighted by atomic mass is 35.5. The molecule has 2 aromatic rings. The van der Waals surface area contributed by atoms with E-state index in [1.54, 1.807) is 42.3 Å². The van der Waals surface area contributed by atoms with Gasteiger partial charge in [-0.1, -0.05) is 17.7 Å². The van der Waals surface area contributed by atoms with Gasteiger partial charge in [-0.3, -0.25) is 4.79 Å². The summed E-state index contributed by atoms with van der Waals surface area (Å²) in [4.78, 5) is 14.0. The predicted molar refractivity (Wildman–Crippen MR) is 79.8 cm³/mol. The van der Waals surface area contributed by atoms with Crippen molar-refractivity contribution >= 4 is 28.9 Å². The molecule has 0 aliphatic carbocycles. The van der Waals surface area contributed by atoms with Crippen LogP contribution in [0.25, 0.3) is 0 Å². The van der Waals surface area contributed by atoms with Crippen molar-refractivity contribution in [3.63, 3.8) is 0 Å². The molecule has 0 spiro atoms. The first-order valence-corrected chi connectivity index (χ1v) is 6.26. The fourth-order valence-electron chi connectivity index (χ4n) is 1.97. The average Bonchev–Trinajstić information content (AvgIpc) is 2.37. The molecular formula is C15H15ClN2O. The summed E-state index contributed by atoms with van der Waals surface area (Å²) in [6, 6.07) is 12.4. The summed E-state index contributed by atoms with van der Waals surface area (Å²) >= 11 is 5.92. The fourth-order valence-corrected chi connectivity index (χ4v) is 2.20. The number of hydrogen-bond acceptors (Lipinski definition) is 2. The van der Waals surface area contributed by atoms with Crippen LogP contribution in [0.5, 0.6) is 0 Å². The zero-order chi connectivity index (χ0) is 14.0. The van der Waals surface area contributed by atoms with Crippen LogP contribution in [-0.4, -0.2) is 13.0 Å². The SMILES string of the molecule is Cc1cc(Cl)ccc1N(C)C(=O)c1cccc(N)c1. The summed E-state index contributed by atoms with van der Waals surface area (Å²) in [5.41, 5.74) is 8.62. The summed E-state index contributed by atoms with van der Waals surface area (Å²) in [6.07, 6.45) is 0. The van der Waals surface area contributed by atoms with Crippen molar-refractivity contribution in [2.45, 2.75) is 6.92 Å². The molecule has 0 fully saturated rings. The van der Waals surface area contributed by atoms with Gasteiger partial charge in [0.15, 0.2) is 0 Å². The Morgan fingerprint density at radius 3 is 2.58 bits per heavy atom. The molecule has 0 atom stereocenters. The number of anilines is 2. The van der Waals surface area contributed by atoms with Crippen LogP contribution < -0.4 is 10.6 Å². The van der Waals surface area contributed by atoms with Crippen LogP contribution in [0.4, 0.5) is 11.4 Å². The second-order valence-corrected chi connectivity index (χ2v) is 4.86. The Morgan fingerprint density at radius 1 is 1.21 bits per heavy atom. The summed E-state index contributed by atoms with van der Waals surface area (Å²) in [5, 5.41) is 0.658. The zero-order valence-electron chi connectivity index (χ0n) is 10.9. The average molecular weight is 275 g/mol. The molecule has 2 rings (SSSR count). The fraction of sp³-hybridized carbons (Fsp3) is 0.133. The lowest BCUT2D eigenvalue weighted by Gasteiger charge is -2.20. The van der Waals surface area contributed by atoms with Crippen LogP contribution in [0.3, 0.4) is 0 Å². The molecule has 0 bridgehead atoms. The molecule has 0 radical (unpaired) electrons. The van der Waals surface area contributed by atoms with Crippen LogP contribution in [0, 0.1) is 6.92 Å². The minimum Gasteiger partial charge on any atom is -0.399 e. The predicted octanol–water partition coefficient (Wildman–Crippen LogP) is 3.51. The minimum atomic E-state index is -0.0993. The number of carbonyl (C=O) groups is 1. The Hall–Kier alpha value is -2.00. The number of nitrogens with zero attached hydrogens (tertiary/aromatic N) is 1. The standard InChI is InChI=1S/C15H15ClN2O/c1-10-8-12(16)6-7-14(10)18(2)15(19)11-4-3-5-13(17)9-11/h3-9H,17H2,1-2H3. The van der Waals surface area contributed by atoms with Crippen molar-refractivity contribution in [1.29, 1.82) is 0 Å². The number of aryl methyl sites for hydroxylation is 1. The second-order valence-electron chi connectivity index (χ2n) is 4.42. The summed E-state index contributed by atoms with van der Waals surface area (Å²) in [6.45, 7) is 1.92. The van der Waals surface area contributed by atoms with Crippen molar-refractivity contribution < 1.29 is 4.79 Å². The Morgan fingerprint density at radius 2 is 1.95 bits per heavy atom. The number of carbonyl (C=O) groups excluding carboxylic acids is 1. The molecular weight excluding hydrogens is 260 g/mol. The van der Waals surface area contributed by atoms with Gasteiger partial charge in [0, 0.05) is 29.0 Å². The van der Waals surface area contributed by atoms with E-state index in [-0.39, 0.29) is 5.91 Å². The highest BCUT2D eigenvalue weighted by Gasteiger charge is 2.15. The molecule has 0 saturated heterocycles. The number of rotatable bonds is 2. The van der Waals surface area contributed by atoms with E-state index < -0.39 is 0 Å². The van der Waals surface area contributed by atoms with E-state index in [1.807, 2.05) is 19.1 Å². The molecule has 2 aromatic carbocycles. The first-order valence-electron chi connectivity index (χ1n) is 5.89. The molecule has 98 valence electrons. The molecule has 0 aromatic heterocycles. The molecule has 0 heterocycles.